The molecule has 1 aliphatic rings. The summed E-state index contributed by atoms with van der Waals surface area (Å²) < 4.78 is 13.3. The molecule has 3 nitrogen and oxygen atoms in total. The van der Waals surface area contributed by atoms with Crippen molar-refractivity contribution in [2.24, 2.45) is 0 Å². The fraction of sp³-hybridized carbons (Fsp3) is 1.00. The lowest BCUT2D eigenvalue weighted by Crippen LogP contribution is -2.43. The molecular weight excluding hydrogens is 149 g/mol. The minimum absolute atomic E-state index is 0.332. The number of hydrogen-bond donors (Lipinski definition) is 0. The summed E-state index contributed by atoms with van der Waals surface area (Å²) in [6.07, 6.45) is 2.28. The largest absolute Gasteiger partial charge is 0.264 e. The predicted molar refractivity (Wildman–Crippen MR) is 38.8 cm³/mol. The molecule has 64 valence electrons. The third-order valence-corrected chi connectivity index (χ3v) is 2.34. The van der Waals surface area contributed by atoms with Gasteiger partial charge in [0.25, 0.3) is 0 Å². The van der Waals surface area contributed by atoms with E-state index in [1.807, 2.05) is 0 Å². The van der Waals surface area contributed by atoms with Gasteiger partial charge < -0.3 is 0 Å². The molecule has 0 radical (unpaired) electrons. The average molecular weight is 161 g/mol. The molecule has 0 unspecified atom stereocenters. The van der Waals surface area contributed by atoms with Crippen LogP contribution in [-0.4, -0.2) is 16.6 Å². The normalized spacial score (nSPS) is 38.5. The van der Waals surface area contributed by atoms with Crippen molar-refractivity contribution in [2.75, 3.05) is 0 Å². The summed E-state index contributed by atoms with van der Waals surface area (Å²) in [5.41, 5.74) is -1.58. The van der Waals surface area contributed by atoms with Crippen molar-refractivity contribution in [3.05, 3.63) is 10.1 Å². The molecule has 0 heterocycles. The van der Waals surface area contributed by atoms with Gasteiger partial charge in [-0.3, -0.25) is 10.1 Å². The molecule has 1 rings (SSSR count). The Kier molecular flexibility index (Phi) is 2.11. The molecule has 1 fully saturated rings. The van der Waals surface area contributed by atoms with Crippen molar-refractivity contribution in [2.45, 2.75) is 44.3 Å². The smallest absolute Gasteiger partial charge is 0.246 e. The van der Waals surface area contributed by atoms with Gasteiger partial charge in [-0.25, -0.2) is 4.39 Å². The van der Waals surface area contributed by atoms with E-state index in [-0.39, 0.29) is 0 Å². The van der Waals surface area contributed by atoms with Crippen molar-refractivity contribution in [3.8, 4) is 0 Å². The minimum atomic E-state index is -1.58. The van der Waals surface area contributed by atoms with Gasteiger partial charge in [0.05, 0.1) is 0 Å². The number of alkyl halides is 1. The molecule has 0 aromatic carbocycles. The third kappa shape index (κ3) is 1.67. The molecule has 2 atom stereocenters. The van der Waals surface area contributed by atoms with E-state index in [9.17, 15) is 14.5 Å². The minimum Gasteiger partial charge on any atom is -0.264 e. The van der Waals surface area contributed by atoms with E-state index in [2.05, 4.69) is 0 Å². The number of nitro groups is 1. The lowest BCUT2D eigenvalue weighted by Gasteiger charge is -2.27. The van der Waals surface area contributed by atoms with Crippen LogP contribution in [0.1, 0.15) is 32.6 Å². The van der Waals surface area contributed by atoms with Crippen molar-refractivity contribution in [1.82, 2.24) is 0 Å². The molecule has 0 aliphatic heterocycles. The highest BCUT2D eigenvalue weighted by atomic mass is 19.1. The summed E-state index contributed by atoms with van der Waals surface area (Å²) in [4.78, 5) is 9.85. The van der Waals surface area contributed by atoms with Crippen LogP contribution in [0.15, 0.2) is 0 Å². The Bertz CT molecular complexity index is 170. The summed E-state index contributed by atoms with van der Waals surface area (Å²) in [5, 5.41) is 10.3. The van der Waals surface area contributed by atoms with Crippen LogP contribution in [0.3, 0.4) is 0 Å². The van der Waals surface area contributed by atoms with Crippen LogP contribution in [-0.2, 0) is 0 Å². The van der Waals surface area contributed by atoms with Crippen LogP contribution in [0.2, 0.25) is 0 Å². The van der Waals surface area contributed by atoms with Gasteiger partial charge in [-0.1, -0.05) is 0 Å². The third-order valence-electron chi connectivity index (χ3n) is 2.34. The topological polar surface area (TPSA) is 43.1 Å². The highest BCUT2D eigenvalue weighted by Crippen LogP contribution is 2.33. The van der Waals surface area contributed by atoms with E-state index in [1.54, 1.807) is 0 Å². The summed E-state index contributed by atoms with van der Waals surface area (Å²) in [7, 11) is 0. The maximum atomic E-state index is 13.3. The Morgan fingerprint density at radius 2 is 2.27 bits per heavy atom. The molecule has 0 aromatic rings. The Labute approximate surface area is 64.7 Å². The molecule has 0 N–H and O–H groups in total. The first kappa shape index (κ1) is 8.43. The van der Waals surface area contributed by atoms with E-state index in [0.717, 1.165) is 12.8 Å². The zero-order valence-corrected chi connectivity index (χ0v) is 6.55. The predicted octanol–water partition coefficient (Wildman–Crippen LogP) is 1.93. The number of nitrogens with zero attached hydrogens (tertiary/aromatic N) is 1. The maximum Gasteiger partial charge on any atom is 0.246 e. The average Bonchev–Trinajstić information content (AvgIpc) is 1.85. The van der Waals surface area contributed by atoms with Gasteiger partial charge in [-0.05, 0) is 26.2 Å². The Balaban J connectivity index is 2.67. The first-order valence-corrected chi connectivity index (χ1v) is 3.86. The van der Waals surface area contributed by atoms with Crippen LogP contribution in [0.4, 0.5) is 4.39 Å². The van der Waals surface area contributed by atoms with Crippen LogP contribution < -0.4 is 0 Å². The second kappa shape index (κ2) is 2.75. The highest BCUT2D eigenvalue weighted by molar-refractivity contribution is 4.86. The van der Waals surface area contributed by atoms with E-state index in [4.69, 9.17) is 0 Å². The number of halogens is 1. The van der Waals surface area contributed by atoms with E-state index < -0.39 is 16.6 Å². The summed E-state index contributed by atoms with van der Waals surface area (Å²) in [6, 6.07) is -0.976. The molecular formula is C7H12FNO2. The van der Waals surface area contributed by atoms with Crippen LogP contribution in [0.5, 0.6) is 0 Å². The molecule has 1 aliphatic carbocycles. The van der Waals surface area contributed by atoms with Gasteiger partial charge in [0, 0.05) is 11.3 Å². The zero-order valence-electron chi connectivity index (χ0n) is 6.55. The highest BCUT2D eigenvalue weighted by Gasteiger charge is 2.44. The quantitative estimate of drug-likeness (QED) is 0.435. The first-order valence-electron chi connectivity index (χ1n) is 3.86. The molecule has 4 heteroatoms. The van der Waals surface area contributed by atoms with Crippen LogP contribution in [0, 0.1) is 10.1 Å². The molecule has 0 spiro atoms. The standard InChI is InChI=1S/C7H12FNO2/c1-7(8)5-3-2-4-6(7)9(10)11/h6H,2-5H2,1H3/t6-,7-/m1/s1. The molecule has 0 saturated heterocycles. The summed E-state index contributed by atoms with van der Waals surface area (Å²) in [5.74, 6) is 0. The molecule has 0 aromatic heterocycles. The molecule has 11 heavy (non-hydrogen) atoms. The van der Waals surface area contributed by atoms with Gasteiger partial charge >= 0.3 is 0 Å². The van der Waals surface area contributed by atoms with E-state index >= 15 is 0 Å². The number of rotatable bonds is 1. The Morgan fingerprint density at radius 1 is 1.64 bits per heavy atom. The lowest BCUT2D eigenvalue weighted by molar-refractivity contribution is -0.543. The SMILES string of the molecule is C[C@@]1(F)CCCC[C@H]1[N+](=O)[O-]. The van der Waals surface area contributed by atoms with Crippen molar-refractivity contribution in [1.29, 1.82) is 0 Å². The molecule has 0 bridgehead atoms. The Morgan fingerprint density at radius 3 is 2.64 bits per heavy atom. The second-order valence-corrected chi connectivity index (χ2v) is 3.33. The molecule has 0 amide bonds. The zero-order chi connectivity index (χ0) is 8.48. The Hall–Kier alpha value is -0.670. The fourth-order valence-electron chi connectivity index (χ4n) is 1.60. The summed E-state index contributed by atoms with van der Waals surface area (Å²) >= 11 is 0. The van der Waals surface area contributed by atoms with Gasteiger partial charge in [0.15, 0.2) is 5.67 Å². The fourth-order valence-corrected chi connectivity index (χ4v) is 1.60. The van der Waals surface area contributed by atoms with Crippen LogP contribution >= 0.6 is 0 Å². The van der Waals surface area contributed by atoms with Gasteiger partial charge in [0.2, 0.25) is 6.04 Å². The number of hydrogen-bond acceptors (Lipinski definition) is 2. The van der Waals surface area contributed by atoms with E-state index in [0.29, 0.717) is 12.8 Å². The monoisotopic (exact) mass is 161 g/mol. The maximum absolute atomic E-state index is 13.3. The van der Waals surface area contributed by atoms with Gasteiger partial charge in [0.1, 0.15) is 0 Å². The second-order valence-electron chi connectivity index (χ2n) is 3.33. The van der Waals surface area contributed by atoms with Crippen molar-refractivity contribution < 1.29 is 9.31 Å². The molecule has 1 saturated carbocycles. The first-order chi connectivity index (χ1) is 5.04. The summed E-state index contributed by atoms with van der Waals surface area (Å²) in [6.45, 7) is 1.33. The van der Waals surface area contributed by atoms with Crippen molar-refractivity contribution >= 4 is 0 Å². The van der Waals surface area contributed by atoms with E-state index in [1.165, 1.54) is 6.92 Å². The van der Waals surface area contributed by atoms with Gasteiger partial charge in [-0.15, -0.1) is 0 Å². The lowest BCUT2D eigenvalue weighted by atomic mass is 9.84. The van der Waals surface area contributed by atoms with Crippen LogP contribution in [0.25, 0.3) is 0 Å². The van der Waals surface area contributed by atoms with Crippen molar-refractivity contribution in [3.63, 3.8) is 0 Å². The van der Waals surface area contributed by atoms with Gasteiger partial charge in [-0.2, -0.15) is 0 Å².